The molecule has 162 valence electrons. The summed E-state index contributed by atoms with van der Waals surface area (Å²) in [6, 6.07) is -0.360. The number of carbonyl (C=O) groups is 1. The number of aromatic nitrogens is 2. The van der Waals surface area contributed by atoms with E-state index in [-0.39, 0.29) is 42.3 Å². The van der Waals surface area contributed by atoms with Gasteiger partial charge in [-0.2, -0.15) is 5.10 Å². The number of amides is 1. The molecule has 1 aliphatic carbocycles. The summed E-state index contributed by atoms with van der Waals surface area (Å²) in [7, 11) is 5.49. The zero-order chi connectivity index (χ0) is 18.6. The van der Waals surface area contributed by atoms with E-state index in [9.17, 15) is 4.79 Å². The van der Waals surface area contributed by atoms with Gasteiger partial charge in [0, 0.05) is 51.1 Å². The summed E-state index contributed by atoms with van der Waals surface area (Å²) in [6.45, 7) is 2.85. The Labute approximate surface area is 180 Å². The second-order valence-corrected chi connectivity index (χ2v) is 7.74. The van der Waals surface area contributed by atoms with E-state index in [1.807, 2.05) is 27.4 Å². The molecule has 28 heavy (non-hydrogen) atoms. The highest BCUT2D eigenvalue weighted by Crippen LogP contribution is 2.37. The van der Waals surface area contributed by atoms with Crippen LogP contribution >= 0.6 is 24.8 Å². The van der Waals surface area contributed by atoms with Gasteiger partial charge in [-0.25, -0.2) is 0 Å². The van der Waals surface area contributed by atoms with E-state index >= 15 is 0 Å². The number of nitrogens with zero attached hydrogens (tertiary/aromatic N) is 3. The quantitative estimate of drug-likeness (QED) is 0.685. The first-order chi connectivity index (χ1) is 12.6. The lowest BCUT2D eigenvalue weighted by Crippen LogP contribution is -2.57. The summed E-state index contributed by atoms with van der Waals surface area (Å²) in [6.07, 6.45) is 11.0. The number of aryl methyl sites for hydroxylation is 1. The van der Waals surface area contributed by atoms with Gasteiger partial charge in [0.15, 0.2) is 0 Å². The minimum Gasteiger partial charge on any atom is -0.381 e. The van der Waals surface area contributed by atoms with Crippen molar-refractivity contribution in [2.24, 2.45) is 7.05 Å². The maximum atomic E-state index is 12.8. The number of carbonyl (C=O) groups excluding carboxylic acids is 1. The first kappa shape index (κ1) is 25.2. The molecule has 2 aliphatic rings. The largest absolute Gasteiger partial charge is 0.381 e. The molecule has 1 saturated carbocycles. The summed E-state index contributed by atoms with van der Waals surface area (Å²) < 4.78 is 7.25. The average Bonchev–Trinajstić information content (AvgIpc) is 3.31. The molecule has 2 N–H and O–H groups in total. The van der Waals surface area contributed by atoms with Crippen LogP contribution in [0.4, 0.5) is 0 Å². The molecular formula is C19H35Cl2N5O2. The van der Waals surface area contributed by atoms with E-state index in [4.69, 9.17) is 4.74 Å². The number of ether oxygens (including phenoxy) is 1. The third-order valence-corrected chi connectivity index (χ3v) is 6.18. The van der Waals surface area contributed by atoms with Gasteiger partial charge in [-0.05, 0) is 32.7 Å². The maximum Gasteiger partial charge on any atom is 0.241 e. The summed E-state index contributed by atoms with van der Waals surface area (Å²) in [4.78, 5) is 15.4. The van der Waals surface area contributed by atoms with Crippen molar-refractivity contribution in [2.45, 2.75) is 56.2 Å². The van der Waals surface area contributed by atoms with Crippen molar-refractivity contribution in [2.75, 3.05) is 33.8 Å². The van der Waals surface area contributed by atoms with E-state index in [1.165, 1.54) is 25.7 Å². The molecule has 1 aliphatic heterocycles. The molecule has 1 aromatic heterocycles. The Hall–Kier alpha value is -0.860. The van der Waals surface area contributed by atoms with Crippen LogP contribution in [-0.2, 0) is 16.6 Å². The van der Waals surface area contributed by atoms with Crippen molar-refractivity contribution in [3.8, 4) is 0 Å². The number of hydrogen-bond acceptors (Lipinski definition) is 5. The van der Waals surface area contributed by atoms with Crippen LogP contribution in [0.3, 0.4) is 0 Å². The van der Waals surface area contributed by atoms with Crippen LogP contribution in [0.1, 0.15) is 50.1 Å². The van der Waals surface area contributed by atoms with Crippen LogP contribution < -0.4 is 10.6 Å². The zero-order valence-corrected chi connectivity index (χ0v) is 18.8. The van der Waals surface area contributed by atoms with Crippen LogP contribution in [0.25, 0.3) is 0 Å². The normalized spacial score (nSPS) is 20.8. The third-order valence-electron chi connectivity index (χ3n) is 6.18. The van der Waals surface area contributed by atoms with Crippen LogP contribution in [-0.4, -0.2) is 66.0 Å². The lowest BCUT2D eigenvalue weighted by molar-refractivity contribution is -0.124. The molecule has 9 heteroatoms. The van der Waals surface area contributed by atoms with Crippen LogP contribution in [0.2, 0.25) is 0 Å². The van der Waals surface area contributed by atoms with Crippen molar-refractivity contribution in [3.05, 3.63) is 18.0 Å². The van der Waals surface area contributed by atoms with Crippen molar-refractivity contribution in [1.29, 1.82) is 0 Å². The molecule has 2 heterocycles. The number of likely N-dealkylation sites (N-methyl/N-ethyl adjacent to an activating group) is 1. The molecule has 3 rings (SSSR count). The van der Waals surface area contributed by atoms with Crippen molar-refractivity contribution < 1.29 is 9.53 Å². The SMILES string of the molecule is CNC(C(=O)NCC1(N2CCC(OC)CC2)CCCC1)c1cnn(C)c1.Cl.Cl. The number of hydrogen-bond donors (Lipinski definition) is 2. The van der Waals surface area contributed by atoms with Gasteiger partial charge in [-0.15, -0.1) is 24.8 Å². The zero-order valence-electron chi connectivity index (χ0n) is 17.1. The highest BCUT2D eigenvalue weighted by atomic mass is 35.5. The number of halogens is 2. The Balaban J connectivity index is 0.00000196. The maximum absolute atomic E-state index is 12.8. The summed E-state index contributed by atoms with van der Waals surface area (Å²) >= 11 is 0. The van der Waals surface area contributed by atoms with Crippen LogP contribution in [0, 0.1) is 0 Å². The fourth-order valence-electron chi connectivity index (χ4n) is 4.60. The van der Waals surface area contributed by atoms with E-state index < -0.39 is 0 Å². The van der Waals surface area contributed by atoms with Gasteiger partial charge in [-0.3, -0.25) is 14.4 Å². The van der Waals surface area contributed by atoms with Gasteiger partial charge in [0.25, 0.3) is 0 Å². The third kappa shape index (κ3) is 5.60. The molecule has 1 aromatic rings. The van der Waals surface area contributed by atoms with Crippen LogP contribution in [0.5, 0.6) is 0 Å². The monoisotopic (exact) mass is 435 g/mol. The molecule has 7 nitrogen and oxygen atoms in total. The van der Waals surface area contributed by atoms with Crippen molar-refractivity contribution in [3.63, 3.8) is 0 Å². The Morgan fingerprint density at radius 3 is 2.46 bits per heavy atom. The molecule has 0 bridgehead atoms. The van der Waals surface area contributed by atoms with Gasteiger partial charge in [0.05, 0.1) is 12.3 Å². The number of likely N-dealkylation sites (tertiary alicyclic amines) is 1. The van der Waals surface area contributed by atoms with Gasteiger partial charge in [-0.1, -0.05) is 12.8 Å². The Morgan fingerprint density at radius 2 is 1.96 bits per heavy atom. The number of methoxy groups -OCH3 is 1. The minimum atomic E-state index is -0.360. The Bertz CT molecular complexity index is 599. The number of piperidine rings is 1. The molecule has 1 saturated heterocycles. The van der Waals surface area contributed by atoms with E-state index in [2.05, 4.69) is 20.6 Å². The molecular weight excluding hydrogens is 401 g/mol. The molecule has 0 spiro atoms. The Morgan fingerprint density at radius 1 is 1.32 bits per heavy atom. The van der Waals surface area contributed by atoms with Crippen molar-refractivity contribution >= 4 is 30.7 Å². The molecule has 1 amide bonds. The molecule has 2 fully saturated rings. The summed E-state index contributed by atoms with van der Waals surface area (Å²) in [5.74, 6) is 0.0264. The predicted octanol–water partition coefficient (Wildman–Crippen LogP) is 2.06. The number of nitrogens with one attached hydrogen (secondary N) is 2. The standard InChI is InChI=1S/C19H33N5O2.2ClH/c1-20-17(15-12-22-23(2)13-15)18(25)21-14-19(8-4-5-9-19)24-10-6-16(26-3)7-11-24;;/h12-13,16-17,20H,4-11,14H2,1-3H3,(H,21,25);2*1H. The second kappa shape index (κ2) is 11.4. The fraction of sp³-hybridized carbons (Fsp3) is 0.789. The van der Waals surface area contributed by atoms with Crippen molar-refractivity contribution in [1.82, 2.24) is 25.3 Å². The van der Waals surface area contributed by atoms with E-state index in [0.717, 1.165) is 38.0 Å². The summed E-state index contributed by atoms with van der Waals surface area (Å²) in [5, 5.41) is 10.5. The number of rotatable bonds is 7. The molecule has 1 atom stereocenters. The molecule has 0 aromatic carbocycles. The average molecular weight is 436 g/mol. The minimum absolute atomic E-state index is 0. The summed E-state index contributed by atoms with van der Waals surface area (Å²) in [5.41, 5.74) is 1.01. The molecule has 0 radical (unpaired) electrons. The Kier molecular flexibility index (Phi) is 10.2. The lowest BCUT2D eigenvalue weighted by atomic mass is 9.91. The topological polar surface area (TPSA) is 71.4 Å². The highest BCUT2D eigenvalue weighted by Gasteiger charge is 2.41. The van der Waals surface area contributed by atoms with Gasteiger partial charge >= 0.3 is 0 Å². The van der Waals surface area contributed by atoms with Gasteiger partial charge in [0.1, 0.15) is 6.04 Å². The first-order valence-corrected chi connectivity index (χ1v) is 9.79. The predicted molar refractivity (Wildman–Crippen MR) is 115 cm³/mol. The lowest BCUT2D eigenvalue weighted by Gasteiger charge is -2.45. The van der Waals surface area contributed by atoms with E-state index in [0.29, 0.717) is 6.10 Å². The highest BCUT2D eigenvalue weighted by molar-refractivity contribution is 5.85. The first-order valence-electron chi connectivity index (χ1n) is 9.79. The second-order valence-electron chi connectivity index (χ2n) is 7.74. The van der Waals surface area contributed by atoms with Crippen LogP contribution in [0.15, 0.2) is 12.4 Å². The molecule has 1 unspecified atom stereocenters. The van der Waals surface area contributed by atoms with E-state index in [1.54, 1.807) is 10.9 Å². The fourth-order valence-corrected chi connectivity index (χ4v) is 4.60. The van der Waals surface area contributed by atoms with Gasteiger partial charge < -0.3 is 15.4 Å². The van der Waals surface area contributed by atoms with Gasteiger partial charge in [0.2, 0.25) is 5.91 Å². The smallest absolute Gasteiger partial charge is 0.241 e.